The number of anilines is 2. The van der Waals surface area contributed by atoms with Crippen LogP contribution in [0.15, 0.2) is 36.4 Å². The average molecular weight is 490 g/mol. The molecule has 0 unspecified atom stereocenters. The molecule has 0 radical (unpaired) electrons. The molecule has 11 nitrogen and oxygen atoms in total. The van der Waals surface area contributed by atoms with Crippen molar-refractivity contribution in [3.8, 4) is 17.5 Å². The summed E-state index contributed by atoms with van der Waals surface area (Å²) in [5, 5.41) is 20.0. The SMILES string of the molecule is Cc1nc(-c2nnn(CC#N)c2NC(=O)O[C@H](C)c2ccccc2Cl)ccc1NS(C)(=O)=O. The van der Waals surface area contributed by atoms with Crippen LogP contribution in [0.2, 0.25) is 5.02 Å². The molecule has 13 heteroatoms. The topological polar surface area (TPSA) is 152 Å². The van der Waals surface area contributed by atoms with Gasteiger partial charge in [-0.3, -0.25) is 10.0 Å². The molecule has 0 fully saturated rings. The summed E-state index contributed by atoms with van der Waals surface area (Å²) in [4.78, 5) is 17.0. The number of amides is 1. The number of aromatic nitrogens is 4. The maximum Gasteiger partial charge on any atom is 0.413 e. The van der Waals surface area contributed by atoms with E-state index in [-0.39, 0.29) is 18.1 Å². The number of nitriles is 1. The van der Waals surface area contributed by atoms with Crippen molar-refractivity contribution in [2.45, 2.75) is 26.5 Å². The predicted molar refractivity (Wildman–Crippen MR) is 122 cm³/mol. The van der Waals surface area contributed by atoms with Crippen LogP contribution in [0.4, 0.5) is 16.3 Å². The lowest BCUT2D eigenvalue weighted by molar-refractivity contribution is 0.121. The molecule has 172 valence electrons. The van der Waals surface area contributed by atoms with E-state index in [1.54, 1.807) is 38.1 Å². The third-order valence-electron chi connectivity index (χ3n) is 4.43. The lowest BCUT2D eigenvalue weighted by atomic mass is 10.1. The van der Waals surface area contributed by atoms with Crippen LogP contribution in [0.1, 0.15) is 24.3 Å². The van der Waals surface area contributed by atoms with Crippen molar-refractivity contribution >= 4 is 39.2 Å². The minimum atomic E-state index is -3.48. The fourth-order valence-electron chi connectivity index (χ4n) is 2.94. The van der Waals surface area contributed by atoms with E-state index >= 15 is 0 Å². The second-order valence-electron chi connectivity index (χ2n) is 7.00. The zero-order valence-corrected chi connectivity index (χ0v) is 19.5. The van der Waals surface area contributed by atoms with Crippen LogP contribution in [0.25, 0.3) is 11.4 Å². The first-order valence-electron chi connectivity index (χ1n) is 9.57. The fourth-order valence-corrected chi connectivity index (χ4v) is 3.85. The largest absolute Gasteiger partial charge is 0.441 e. The third-order valence-corrected chi connectivity index (χ3v) is 5.36. The molecule has 3 aromatic rings. The number of halogens is 1. The first-order valence-corrected chi connectivity index (χ1v) is 11.8. The molecule has 0 aliphatic heterocycles. The first-order chi connectivity index (χ1) is 15.6. The second kappa shape index (κ2) is 9.85. The summed E-state index contributed by atoms with van der Waals surface area (Å²) >= 11 is 6.16. The standard InChI is InChI=1S/C20H20ClN7O4S/c1-12-16(26-33(3,30)31)8-9-17(23-12)18-19(28(11-10-22)27-25-18)24-20(29)32-13(2)14-6-4-5-7-15(14)21/h4-9,13,26H,11H2,1-3H3,(H,24,29)/t13-/m1/s1. The highest BCUT2D eigenvalue weighted by Gasteiger charge is 2.22. The summed E-state index contributed by atoms with van der Waals surface area (Å²) in [5.74, 6) is 0.101. The molecule has 3 rings (SSSR count). The van der Waals surface area contributed by atoms with E-state index in [2.05, 4.69) is 25.3 Å². The molecule has 2 N–H and O–H groups in total. The molecule has 0 aliphatic rings. The number of rotatable bonds is 7. The number of benzene rings is 1. The van der Waals surface area contributed by atoms with Crippen molar-refractivity contribution < 1.29 is 17.9 Å². The number of nitrogens with one attached hydrogen (secondary N) is 2. The van der Waals surface area contributed by atoms with Gasteiger partial charge >= 0.3 is 6.09 Å². The maximum atomic E-state index is 12.6. The van der Waals surface area contributed by atoms with Gasteiger partial charge in [-0.2, -0.15) is 5.26 Å². The van der Waals surface area contributed by atoms with Gasteiger partial charge in [-0.05, 0) is 32.0 Å². The Balaban J connectivity index is 1.88. The Morgan fingerprint density at radius 3 is 2.67 bits per heavy atom. The van der Waals surface area contributed by atoms with Crippen molar-refractivity contribution in [1.29, 1.82) is 5.26 Å². The maximum absolute atomic E-state index is 12.6. The normalized spacial score (nSPS) is 12.0. The summed E-state index contributed by atoms with van der Waals surface area (Å²) in [6.45, 7) is 3.10. The van der Waals surface area contributed by atoms with Gasteiger partial charge in [0.25, 0.3) is 0 Å². The van der Waals surface area contributed by atoms with Gasteiger partial charge < -0.3 is 4.74 Å². The molecule has 1 amide bonds. The molecule has 1 atom stereocenters. The summed E-state index contributed by atoms with van der Waals surface area (Å²) in [5.41, 5.74) is 1.80. The lowest BCUT2D eigenvalue weighted by Crippen LogP contribution is -2.19. The van der Waals surface area contributed by atoms with Crippen LogP contribution in [0.5, 0.6) is 0 Å². The zero-order valence-electron chi connectivity index (χ0n) is 17.9. The third kappa shape index (κ3) is 5.97. The molecule has 1 aromatic carbocycles. The molecule has 33 heavy (non-hydrogen) atoms. The highest BCUT2D eigenvalue weighted by Crippen LogP contribution is 2.28. The van der Waals surface area contributed by atoms with Crippen molar-refractivity contribution in [3.05, 3.63) is 52.7 Å². The summed E-state index contributed by atoms with van der Waals surface area (Å²) in [7, 11) is -3.48. The van der Waals surface area contributed by atoms with Crippen LogP contribution in [-0.4, -0.2) is 40.7 Å². The smallest absolute Gasteiger partial charge is 0.413 e. The molecule has 0 aliphatic carbocycles. The van der Waals surface area contributed by atoms with Crippen molar-refractivity contribution in [1.82, 2.24) is 20.0 Å². The number of nitrogens with zero attached hydrogens (tertiary/aromatic N) is 5. The predicted octanol–water partition coefficient (Wildman–Crippen LogP) is 3.51. The number of carbonyl (C=O) groups excluding carboxylic acids is 1. The molecular weight excluding hydrogens is 470 g/mol. The van der Waals surface area contributed by atoms with E-state index in [0.717, 1.165) is 6.26 Å². The van der Waals surface area contributed by atoms with E-state index in [1.165, 1.54) is 16.8 Å². The highest BCUT2D eigenvalue weighted by atomic mass is 35.5. The Bertz CT molecular complexity index is 1330. The summed E-state index contributed by atoms with van der Waals surface area (Å²) < 4.78 is 32.0. The Morgan fingerprint density at radius 2 is 2.03 bits per heavy atom. The Hall–Kier alpha value is -3.69. The number of hydrogen-bond acceptors (Lipinski definition) is 8. The summed E-state index contributed by atoms with van der Waals surface area (Å²) in [6.07, 6.45) is -0.424. The molecule has 0 saturated carbocycles. The molecule has 0 saturated heterocycles. The molecule has 2 heterocycles. The van der Waals surface area contributed by atoms with Gasteiger partial charge in [0.1, 0.15) is 12.6 Å². The van der Waals surface area contributed by atoms with E-state index in [0.29, 0.717) is 27.7 Å². The number of hydrogen-bond donors (Lipinski definition) is 2. The number of ether oxygens (including phenoxy) is 1. The van der Waals surface area contributed by atoms with Crippen LogP contribution < -0.4 is 10.0 Å². The zero-order chi connectivity index (χ0) is 24.2. The van der Waals surface area contributed by atoms with Gasteiger partial charge in [0.05, 0.1) is 29.4 Å². The van der Waals surface area contributed by atoms with Crippen LogP contribution in [0, 0.1) is 18.3 Å². The summed E-state index contributed by atoms with van der Waals surface area (Å²) in [6, 6.07) is 11.9. The van der Waals surface area contributed by atoms with Gasteiger partial charge in [-0.15, -0.1) is 5.10 Å². The number of sulfonamides is 1. The monoisotopic (exact) mass is 489 g/mol. The van der Waals surface area contributed by atoms with Crippen LogP contribution in [-0.2, 0) is 21.3 Å². The van der Waals surface area contributed by atoms with E-state index in [9.17, 15) is 13.2 Å². The first kappa shape index (κ1) is 24.0. The van der Waals surface area contributed by atoms with Crippen molar-refractivity contribution in [2.24, 2.45) is 0 Å². The van der Waals surface area contributed by atoms with Crippen LogP contribution >= 0.6 is 11.6 Å². The van der Waals surface area contributed by atoms with Crippen LogP contribution in [0.3, 0.4) is 0 Å². The van der Waals surface area contributed by atoms with Gasteiger partial charge in [-0.25, -0.2) is 22.9 Å². The number of carbonyl (C=O) groups is 1. The molecule has 0 spiro atoms. The lowest BCUT2D eigenvalue weighted by Gasteiger charge is -2.16. The minimum Gasteiger partial charge on any atom is -0.441 e. The highest BCUT2D eigenvalue weighted by molar-refractivity contribution is 7.92. The number of aryl methyl sites for hydroxylation is 1. The molecule has 2 aromatic heterocycles. The minimum absolute atomic E-state index is 0.101. The average Bonchev–Trinajstić information content (AvgIpc) is 3.11. The Labute approximate surface area is 195 Å². The molecule has 0 bridgehead atoms. The second-order valence-corrected chi connectivity index (χ2v) is 9.16. The Morgan fingerprint density at radius 1 is 1.30 bits per heavy atom. The van der Waals surface area contributed by atoms with Gasteiger partial charge in [0.2, 0.25) is 10.0 Å². The van der Waals surface area contributed by atoms with Gasteiger partial charge in [-0.1, -0.05) is 35.0 Å². The van der Waals surface area contributed by atoms with E-state index < -0.39 is 22.2 Å². The molecular formula is C20H20ClN7O4S. The van der Waals surface area contributed by atoms with E-state index in [4.69, 9.17) is 21.6 Å². The van der Waals surface area contributed by atoms with Crippen molar-refractivity contribution in [2.75, 3.05) is 16.3 Å². The fraction of sp³-hybridized carbons (Fsp3) is 0.250. The van der Waals surface area contributed by atoms with Gasteiger partial charge in [0, 0.05) is 10.6 Å². The van der Waals surface area contributed by atoms with Gasteiger partial charge in [0.15, 0.2) is 11.5 Å². The quantitative estimate of drug-likeness (QED) is 0.511. The Kier molecular flexibility index (Phi) is 7.15. The number of pyridine rings is 1. The van der Waals surface area contributed by atoms with E-state index in [1.807, 2.05) is 6.07 Å². The van der Waals surface area contributed by atoms with Crippen molar-refractivity contribution in [3.63, 3.8) is 0 Å².